The van der Waals surface area contributed by atoms with Crippen LogP contribution < -0.4 is 10.2 Å². The van der Waals surface area contributed by atoms with E-state index in [1.54, 1.807) is 0 Å². The lowest BCUT2D eigenvalue weighted by molar-refractivity contribution is 0.445. The summed E-state index contributed by atoms with van der Waals surface area (Å²) in [6.07, 6.45) is 0. The molecule has 1 heterocycles. The number of aromatic nitrogens is 2. The third-order valence-electron chi connectivity index (χ3n) is 2.08. The smallest absolute Gasteiger partial charge is 0.317 e. The van der Waals surface area contributed by atoms with Gasteiger partial charge in [0.15, 0.2) is 0 Å². The molecule has 0 amide bonds. The Morgan fingerprint density at radius 3 is 2.50 bits per heavy atom. The van der Waals surface area contributed by atoms with Gasteiger partial charge in [-0.2, -0.15) is 0 Å². The molecule has 1 N–H and O–H groups in total. The van der Waals surface area contributed by atoms with Gasteiger partial charge >= 0.3 is 6.01 Å². The standard InChI is InChI=1S/C11H22N4O/c1-8(2)7-15(5)11-14-13-10(16-11)6-12-9(3)4/h8-9,12H,6-7H2,1-5H3. The van der Waals surface area contributed by atoms with Crippen molar-refractivity contribution in [2.45, 2.75) is 40.3 Å². The minimum Gasteiger partial charge on any atom is -0.407 e. The highest BCUT2D eigenvalue weighted by Gasteiger charge is 2.11. The van der Waals surface area contributed by atoms with Crippen molar-refractivity contribution in [1.82, 2.24) is 15.5 Å². The van der Waals surface area contributed by atoms with Crippen LogP contribution in [0.3, 0.4) is 0 Å². The normalized spacial score (nSPS) is 11.4. The van der Waals surface area contributed by atoms with E-state index in [1.165, 1.54) is 0 Å². The van der Waals surface area contributed by atoms with Gasteiger partial charge in [0.25, 0.3) is 0 Å². The molecule has 5 nitrogen and oxygen atoms in total. The Balaban J connectivity index is 2.50. The molecular weight excluding hydrogens is 204 g/mol. The van der Waals surface area contributed by atoms with E-state index in [2.05, 4.69) is 43.2 Å². The molecule has 0 bridgehead atoms. The minimum atomic E-state index is 0.420. The summed E-state index contributed by atoms with van der Waals surface area (Å²) in [7, 11) is 1.97. The Kier molecular flexibility index (Phi) is 4.73. The van der Waals surface area contributed by atoms with Crippen molar-refractivity contribution in [2.75, 3.05) is 18.5 Å². The predicted octanol–water partition coefficient (Wildman–Crippen LogP) is 1.66. The van der Waals surface area contributed by atoms with E-state index in [0.29, 0.717) is 30.4 Å². The van der Waals surface area contributed by atoms with Gasteiger partial charge in [0.1, 0.15) is 0 Å². The van der Waals surface area contributed by atoms with Crippen molar-refractivity contribution in [3.8, 4) is 0 Å². The monoisotopic (exact) mass is 226 g/mol. The molecule has 0 aliphatic rings. The summed E-state index contributed by atoms with van der Waals surface area (Å²) < 4.78 is 5.54. The highest BCUT2D eigenvalue weighted by atomic mass is 16.4. The highest BCUT2D eigenvalue weighted by molar-refractivity contribution is 5.21. The quantitative estimate of drug-likeness (QED) is 0.799. The van der Waals surface area contributed by atoms with Crippen LogP contribution in [0.2, 0.25) is 0 Å². The Morgan fingerprint density at radius 1 is 1.25 bits per heavy atom. The van der Waals surface area contributed by atoms with Crippen molar-refractivity contribution >= 4 is 6.01 Å². The molecule has 16 heavy (non-hydrogen) atoms. The van der Waals surface area contributed by atoms with Crippen molar-refractivity contribution in [3.63, 3.8) is 0 Å². The number of rotatable bonds is 6. The number of hydrogen-bond acceptors (Lipinski definition) is 5. The van der Waals surface area contributed by atoms with Crippen LogP contribution in [0.4, 0.5) is 6.01 Å². The van der Waals surface area contributed by atoms with Gasteiger partial charge in [-0.15, -0.1) is 5.10 Å². The van der Waals surface area contributed by atoms with Crippen LogP contribution in [0.25, 0.3) is 0 Å². The number of nitrogens with zero attached hydrogens (tertiary/aromatic N) is 3. The summed E-state index contributed by atoms with van der Waals surface area (Å²) in [6, 6.07) is 1.01. The van der Waals surface area contributed by atoms with E-state index < -0.39 is 0 Å². The lowest BCUT2D eigenvalue weighted by Crippen LogP contribution is -2.23. The molecule has 0 spiro atoms. The molecule has 1 rings (SSSR count). The summed E-state index contributed by atoms with van der Waals surface area (Å²) in [6.45, 7) is 10.0. The molecule has 0 aromatic carbocycles. The second kappa shape index (κ2) is 5.84. The van der Waals surface area contributed by atoms with Gasteiger partial charge in [-0.3, -0.25) is 0 Å². The van der Waals surface area contributed by atoms with Crippen molar-refractivity contribution < 1.29 is 4.42 Å². The molecule has 0 atom stereocenters. The fourth-order valence-electron chi connectivity index (χ4n) is 1.39. The molecule has 0 radical (unpaired) electrons. The van der Waals surface area contributed by atoms with E-state index in [0.717, 1.165) is 6.54 Å². The number of hydrogen-bond donors (Lipinski definition) is 1. The second-order valence-electron chi connectivity index (χ2n) is 4.79. The lowest BCUT2D eigenvalue weighted by atomic mass is 10.2. The number of nitrogens with one attached hydrogen (secondary N) is 1. The first-order chi connectivity index (χ1) is 7.49. The first kappa shape index (κ1) is 13.0. The van der Waals surface area contributed by atoms with Crippen molar-refractivity contribution in [1.29, 1.82) is 0 Å². The molecule has 0 aliphatic carbocycles. The summed E-state index contributed by atoms with van der Waals surface area (Å²) in [5.41, 5.74) is 0. The minimum absolute atomic E-state index is 0.420. The van der Waals surface area contributed by atoms with Crippen LogP contribution in [0.1, 0.15) is 33.6 Å². The van der Waals surface area contributed by atoms with E-state index in [9.17, 15) is 0 Å². The Hall–Kier alpha value is -1.10. The van der Waals surface area contributed by atoms with E-state index in [4.69, 9.17) is 4.42 Å². The van der Waals surface area contributed by atoms with Crippen molar-refractivity contribution in [2.24, 2.45) is 5.92 Å². The average Bonchev–Trinajstić information content (AvgIpc) is 2.61. The maximum absolute atomic E-state index is 5.54. The topological polar surface area (TPSA) is 54.2 Å². The van der Waals surface area contributed by atoms with Crippen LogP contribution in [-0.2, 0) is 6.54 Å². The van der Waals surface area contributed by atoms with Gasteiger partial charge in [-0.1, -0.05) is 32.8 Å². The SMILES string of the molecule is CC(C)CN(C)c1nnc(CNC(C)C)o1. The first-order valence-corrected chi connectivity index (χ1v) is 5.76. The van der Waals surface area contributed by atoms with Gasteiger partial charge in [-0.05, 0) is 5.92 Å². The van der Waals surface area contributed by atoms with Gasteiger partial charge in [-0.25, -0.2) is 0 Å². The fraction of sp³-hybridized carbons (Fsp3) is 0.818. The largest absolute Gasteiger partial charge is 0.407 e. The van der Waals surface area contributed by atoms with Crippen LogP contribution in [0.15, 0.2) is 4.42 Å². The molecular formula is C11H22N4O. The fourth-order valence-corrected chi connectivity index (χ4v) is 1.39. The van der Waals surface area contributed by atoms with Crippen LogP contribution in [-0.4, -0.2) is 29.8 Å². The van der Waals surface area contributed by atoms with Crippen LogP contribution >= 0.6 is 0 Å². The molecule has 1 aromatic heterocycles. The Labute approximate surface area is 97.2 Å². The van der Waals surface area contributed by atoms with Gasteiger partial charge < -0.3 is 14.6 Å². The molecule has 92 valence electrons. The summed E-state index contributed by atoms with van der Waals surface area (Å²) in [4.78, 5) is 1.98. The molecule has 5 heteroatoms. The van der Waals surface area contributed by atoms with E-state index >= 15 is 0 Å². The third-order valence-corrected chi connectivity index (χ3v) is 2.08. The summed E-state index contributed by atoms with van der Waals surface area (Å²) >= 11 is 0. The maximum atomic E-state index is 5.54. The zero-order chi connectivity index (χ0) is 12.1. The van der Waals surface area contributed by atoms with Crippen LogP contribution in [0, 0.1) is 5.92 Å². The molecule has 0 aliphatic heterocycles. The second-order valence-corrected chi connectivity index (χ2v) is 4.79. The number of anilines is 1. The van der Waals surface area contributed by atoms with E-state index in [1.807, 2.05) is 11.9 Å². The molecule has 1 aromatic rings. The zero-order valence-corrected chi connectivity index (χ0v) is 10.8. The van der Waals surface area contributed by atoms with Crippen LogP contribution in [0.5, 0.6) is 0 Å². The highest BCUT2D eigenvalue weighted by Crippen LogP contribution is 2.11. The zero-order valence-electron chi connectivity index (χ0n) is 10.8. The Morgan fingerprint density at radius 2 is 1.94 bits per heavy atom. The average molecular weight is 226 g/mol. The predicted molar refractivity (Wildman–Crippen MR) is 64.4 cm³/mol. The summed E-state index contributed by atoms with van der Waals surface area (Å²) in [5, 5.41) is 11.3. The van der Waals surface area contributed by atoms with E-state index in [-0.39, 0.29) is 0 Å². The van der Waals surface area contributed by atoms with Gasteiger partial charge in [0, 0.05) is 19.6 Å². The third kappa shape index (κ3) is 4.18. The maximum Gasteiger partial charge on any atom is 0.317 e. The van der Waals surface area contributed by atoms with Gasteiger partial charge in [0.05, 0.1) is 6.54 Å². The van der Waals surface area contributed by atoms with Crippen molar-refractivity contribution in [3.05, 3.63) is 5.89 Å². The Bertz CT molecular complexity index is 309. The van der Waals surface area contributed by atoms with Gasteiger partial charge in [0.2, 0.25) is 5.89 Å². The first-order valence-electron chi connectivity index (χ1n) is 5.76. The molecule has 0 saturated carbocycles. The molecule has 0 fully saturated rings. The molecule has 0 unspecified atom stereocenters. The summed E-state index contributed by atoms with van der Waals surface area (Å²) in [5.74, 6) is 1.22. The molecule has 0 saturated heterocycles. The lowest BCUT2D eigenvalue weighted by Gasteiger charge is -2.15.